The predicted molar refractivity (Wildman–Crippen MR) is 110 cm³/mol. The molecule has 0 aromatic heterocycles. The van der Waals surface area contributed by atoms with Gasteiger partial charge in [0.2, 0.25) is 18.2 Å². The Balaban J connectivity index is 2.64. The normalized spacial score (nSPS) is 11.5. The Hall–Kier alpha value is -0.250. The van der Waals surface area contributed by atoms with Gasteiger partial charge in [-0.15, -0.1) is 0 Å². The first-order valence-electron chi connectivity index (χ1n) is 7.00. The highest BCUT2D eigenvalue weighted by Crippen LogP contribution is 2.55. The van der Waals surface area contributed by atoms with Gasteiger partial charge < -0.3 is 4.57 Å². The molecule has 10 heteroatoms. The predicted octanol–water partition coefficient (Wildman–Crippen LogP) is 7.97. The molecule has 0 atom stereocenters. The Kier molecular flexibility index (Phi) is 7.13. The summed E-state index contributed by atoms with van der Waals surface area (Å²) in [6.45, 7) is 1.44. The molecule has 3 nitrogen and oxygen atoms in total. The van der Waals surface area contributed by atoms with Gasteiger partial charge >= 0.3 is 0 Å². The monoisotopic (exact) mass is 490 g/mol. The molecule has 0 aliphatic heterocycles. The maximum Gasteiger partial charge on any atom is 0.231 e. The van der Waals surface area contributed by atoms with E-state index in [1.807, 2.05) is 0 Å². The Morgan fingerprint density at radius 2 is 1.00 bits per heavy atom. The highest BCUT2D eigenvalue weighted by molar-refractivity contribution is 7.95. The summed E-state index contributed by atoms with van der Waals surface area (Å²) in [5.41, 5.74) is -2.45. The molecule has 0 saturated carbocycles. The lowest BCUT2D eigenvalue weighted by Crippen LogP contribution is -2.14. The zero-order valence-electron chi connectivity index (χ0n) is 13.0. The van der Waals surface area contributed by atoms with Crippen LogP contribution in [-0.4, -0.2) is 17.2 Å². The van der Waals surface area contributed by atoms with Crippen LogP contribution in [0.3, 0.4) is 0 Å². The minimum Gasteiger partial charge on any atom is -0.307 e. The molecule has 0 aliphatic carbocycles. The van der Waals surface area contributed by atoms with Crippen molar-refractivity contribution < 1.29 is 14.2 Å². The highest BCUT2D eigenvalue weighted by Gasteiger charge is 2.42. The maximum absolute atomic E-state index is 13.4. The van der Waals surface area contributed by atoms with Gasteiger partial charge in [-0.05, 0) is 24.3 Å². The van der Waals surface area contributed by atoms with Crippen LogP contribution in [-0.2, 0) is 4.57 Å². The summed E-state index contributed by atoms with van der Waals surface area (Å²) in [5, 5.41) is -0.0508. The molecule has 0 saturated heterocycles. The van der Waals surface area contributed by atoms with Gasteiger partial charge in [-0.2, -0.15) is 0 Å². The minimum absolute atomic E-state index is 0.109. The van der Waals surface area contributed by atoms with Gasteiger partial charge in [0.25, 0.3) is 0 Å². The quantitative estimate of drug-likeness (QED) is 0.398. The van der Waals surface area contributed by atoms with Gasteiger partial charge in [0.15, 0.2) is 0 Å². The van der Waals surface area contributed by atoms with Crippen molar-refractivity contribution in [2.24, 2.45) is 0 Å². The van der Waals surface area contributed by atoms with Crippen LogP contribution in [0.15, 0.2) is 24.3 Å². The van der Waals surface area contributed by atoms with E-state index in [4.69, 9.17) is 69.6 Å². The third-order valence-corrected chi connectivity index (χ3v) is 7.82. The fourth-order valence-corrected chi connectivity index (χ4v) is 6.44. The van der Waals surface area contributed by atoms with Crippen LogP contribution in [0, 0.1) is 0 Å². The fourth-order valence-electron chi connectivity index (χ4n) is 2.23. The van der Waals surface area contributed by atoms with Crippen molar-refractivity contribution in [3.8, 4) is 0 Å². The number of hydrogen-bond acceptors (Lipinski definition) is 3. The van der Waals surface area contributed by atoms with E-state index < -0.39 is 18.2 Å². The number of carbonyl (C=O) groups excluding carboxylic acids is 2. The highest BCUT2D eigenvalue weighted by atomic mass is 35.5. The van der Waals surface area contributed by atoms with Crippen LogP contribution in [0.5, 0.6) is 0 Å². The fraction of sp³-hybridized carbons (Fsp3) is 0.125. The van der Waals surface area contributed by atoms with Gasteiger partial charge in [0.1, 0.15) is 0 Å². The second kappa shape index (κ2) is 8.41. The van der Waals surface area contributed by atoms with Crippen molar-refractivity contribution in [2.45, 2.75) is 6.92 Å². The third kappa shape index (κ3) is 4.10. The molecule has 0 radical (unpaired) electrons. The second-order valence-electron chi connectivity index (χ2n) is 5.16. The summed E-state index contributed by atoms with van der Waals surface area (Å²) in [4.78, 5) is 25.9. The zero-order valence-corrected chi connectivity index (χ0v) is 18.4. The van der Waals surface area contributed by atoms with Gasteiger partial charge in [-0.3, -0.25) is 9.59 Å². The topological polar surface area (TPSA) is 51.2 Å². The molecule has 0 aliphatic rings. The first kappa shape index (κ1) is 22.0. The van der Waals surface area contributed by atoms with E-state index in [0.717, 1.165) is 0 Å². The van der Waals surface area contributed by atoms with E-state index in [2.05, 4.69) is 0 Å². The van der Waals surface area contributed by atoms with Crippen molar-refractivity contribution in [3.63, 3.8) is 0 Å². The second-order valence-corrected chi connectivity index (χ2v) is 10.6. The van der Waals surface area contributed by atoms with Crippen LogP contribution >= 0.6 is 76.7 Å². The Bertz CT molecular complexity index is 853. The Morgan fingerprint density at radius 3 is 1.23 bits per heavy atom. The van der Waals surface area contributed by atoms with Gasteiger partial charge in [-0.25, -0.2) is 0 Å². The smallest absolute Gasteiger partial charge is 0.231 e. The molecule has 0 heterocycles. The minimum atomic E-state index is -4.17. The van der Waals surface area contributed by atoms with Crippen molar-refractivity contribution in [1.29, 1.82) is 0 Å². The van der Waals surface area contributed by atoms with Crippen LogP contribution < -0.4 is 0 Å². The molecule has 0 spiro atoms. The summed E-state index contributed by atoms with van der Waals surface area (Å²) < 4.78 is 13.4. The first-order chi connectivity index (χ1) is 12.0. The van der Waals surface area contributed by atoms with Crippen LogP contribution in [0.1, 0.15) is 27.6 Å². The third-order valence-electron chi connectivity index (χ3n) is 3.54. The van der Waals surface area contributed by atoms with Crippen molar-refractivity contribution in [3.05, 3.63) is 65.5 Å². The number of hydrogen-bond donors (Lipinski definition) is 0. The first-order valence-corrected chi connectivity index (χ1v) is 11.2. The number of benzene rings is 2. The molecule has 2 aromatic carbocycles. The number of halogens is 6. The molecule has 2 rings (SSSR count). The summed E-state index contributed by atoms with van der Waals surface area (Å²) in [6.07, 6.45) is -0.269. The number of carbonyl (C=O) groups is 2. The lowest BCUT2D eigenvalue weighted by molar-refractivity contribution is 0.103. The summed E-state index contributed by atoms with van der Waals surface area (Å²) >= 11 is 35.8. The van der Waals surface area contributed by atoms with Crippen molar-refractivity contribution in [1.82, 2.24) is 0 Å². The van der Waals surface area contributed by atoms with Crippen LogP contribution in [0.4, 0.5) is 0 Å². The average molecular weight is 493 g/mol. The van der Waals surface area contributed by atoms with E-state index in [1.165, 1.54) is 31.2 Å². The lowest BCUT2D eigenvalue weighted by atomic mass is 10.2. The van der Waals surface area contributed by atoms with E-state index in [1.54, 1.807) is 0 Å². The Morgan fingerprint density at radius 1 is 0.731 bits per heavy atom. The molecule has 138 valence electrons. The lowest BCUT2D eigenvalue weighted by Gasteiger charge is -2.17. The molecule has 0 N–H and O–H groups in total. The Labute approximate surface area is 179 Å². The largest absolute Gasteiger partial charge is 0.307 e. The summed E-state index contributed by atoms with van der Waals surface area (Å²) in [6, 6.07) is 5.09. The van der Waals surface area contributed by atoms with E-state index in [-0.39, 0.29) is 47.4 Å². The van der Waals surface area contributed by atoms with Gasteiger partial charge in [0.05, 0.1) is 31.2 Å². The van der Waals surface area contributed by atoms with Crippen molar-refractivity contribution >= 4 is 87.8 Å². The van der Waals surface area contributed by atoms with Crippen molar-refractivity contribution in [2.75, 3.05) is 6.16 Å². The van der Waals surface area contributed by atoms with E-state index in [9.17, 15) is 14.2 Å². The molecule has 0 bridgehead atoms. The molecule has 26 heavy (non-hydrogen) atoms. The van der Waals surface area contributed by atoms with Gasteiger partial charge in [-0.1, -0.05) is 76.5 Å². The summed E-state index contributed by atoms with van der Waals surface area (Å²) in [5.74, 6) is 0. The zero-order chi connectivity index (χ0) is 19.8. The molecular weight excluding hydrogens is 484 g/mol. The van der Waals surface area contributed by atoms with Crippen LogP contribution in [0.25, 0.3) is 0 Å². The molecule has 0 fully saturated rings. The average Bonchev–Trinajstić information content (AvgIpc) is 2.51. The summed E-state index contributed by atoms with van der Waals surface area (Å²) in [7, 11) is -4.17. The van der Waals surface area contributed by atoms with Gasteiger partial charge in [0, 0.05) is 16.2 Å². The van der Waals surface area contributed by atoms with E-state index in [0.29, 0.717) is 0 Å². The molecule has 0 amide bonds. The number of rotatable bonds is 5. The molecular formula is C16H9Cl6O3P. The standard InChI is InChI=1S/C16H9Cl6O3P/c1-2-26(25,15(23)13-9(19)3-7(17)4-10(13)20)16(24)14-11(21)5-8(18)6-12(14)22/h3-6H,2H2,1H3. The molecule has 2 aromatic rings. The SMILES string of the molecule is CCP(=O)(C(=O)c1c(Cl)cc(Cl)cc1Cl)C(=O)c1c(Cl)cc(Cl)cc1Cl. The van der Waals surface area contributed by atoms with E-state index >= 15 is 0 Å². The van der Waals surface area contributed by atoms with Crippen LogP contribution in [0.2, 0.25) is 30.1 Å². The molecule has 0 unspecified atom stereocenters. The maximum atomic E-state index is 13.4.